The Morgan fingerprint density at radius 1 is 1.19 bits per heavy atom. The molecule has 1 rings (SSSR count). The van der Waals surface area contributed by atoms with Crippen molar-refractivity contribution in [2.45, 2.75) is 18.6 Å². The highest BCUT2D eigenvalue weighted by atomic mass is 19.4. The van der Waals surface area contributed by atoms with Gasteiger partial charge in [0.05, 0.1) is 12.0 Å². The van der Waals surface area contributed by atoms with Gasteiger partial charge in [-0.05, 0) is 24.3 Å². The molecule has 0 saturated carbocycles. The van der Waals surface area contributed by atoms with Gasteiger partial charge in [0.15, 0.2) is 0 Å². The van der Waals surface area contributed by atoms with E-state index in [1.54, 1.807) is 0 Å². The van der Waals surface area contributed by atoms with Crippen molar-refractivity contribution in [2.75, 3.05) is 0 Å². The van der Waals surface area contributed by atoms with Crippen LogP contribution in [0.25, 0.3) is 0 Å². The lowest BCUT2D eigenvalue weighted by Crippen LogP contribution is -2.45. The number of carbonyl (C=O) groups excluding carboxylic acids is 2. The number of nitrogens with two attached hydrogens (primary N) is 1. The van der Waals surface area contributed by atoms with Gasteiger partial charge in [-0.2, -0.15) is 13.2 Å². The molecule has 21 heavy (non-hydrogen) atoms. The number of alkyl halides is 3. The minimum absolute atomic E-state index is 0.153. The number of halogens is 3. The summed E-state index contributed by atoms with van der Waals surface area (Å²) in [6.45, 7) is 0. The Kier molecular flexibility index (Phi) is 4.90. The van der Waals surface area contributed by atoms with Crippen LogP contribution in [0.4, 0.5) is 13.2 Å². The van der Waals surface area contributed by atoms with Crippen molar-refractivity contribution < 1.29 is 32.7 Å². The van der Waals surface area contributed by atoms with Crippen LogP contribution in [-0.2, 0) is 15.8 Å². The number of hydrogen-bond acceptors (Lipinski definition) is 3. The van der Waals surface area contributed by atoms with Crippen LogP contribution in [-0.4, -0.2) is 28.9 Å². The quantitative estimate of drug-likeness (QED) is 0.746. The Morgan fingerprint density at radius 3 is 2.10 bits per heavy atom. The maximum Gasteiger partial charge on any atom is 0.416 e. The van der Waals surface area contributed by atoms with E-state index in [9.17, 15) is 27.6 Å². The first-order valence-electron chi connectivity index (χ1n) is 5.60. The maximum absolute atomic E-state index is 12.4. The summed E-state index contributed by atoms with van der Waals surface area (Å²) in [5.41, 5.74) is 3.84. The minimum atomic E-state index is -4.53. The van der Waals surface area contributed by atoms with Gasteiger partial charge in [-0.25, -0.2) is 0 Å². The molecule has 1 aromatic carbocycles. The van der Waals surface area contributed by atoms with Crippen LogP contribution in [0, 0.1) is 0 Å². The molecule has 114 valence electrons. The van der Waals surface area contributed by atoms with E-state index in [2.05, 4.69) is 0 Å². The van der Waals surface area contributed by atoms with E-state index in [1.165, 1.54) is 0 Å². The lowest BCUT2D eigenvalue weighted by atomic mass is 10.1. The molecule has 6 nitrogen and oxygen atoms in total. The number of hydrogen-bond donors (Lipinski definition) is 3. The molecule has 0 aliphatic carbocycles. The molecule has 0 radical (unpaired) electrons. The standard InChI is InChI=1S/C12H11F3N2O4/c13-12(14,15)7-3-1-6(2-4-7)11(21)17-8(10(16)20)5-9(18)19/h1-4,8H,5H2,(H2,16,20)(H,17,21)(H,18,19)/t8-/m1/s1. The number of carboxylic acids is 1. The molecule has 0 aliphatic rings. The maximum atomic E-state index is 12.4. The summed E-state index contributed by atoms with van der Waals surface area (Å²) >= 11 is 0. The van der Waals surface area contributed by atoms with Crippen LogP contribution in [0.15, 0.2) is 24.3 Å². The van der Waals surface area contributed by atoms with Crippen LogP contribution >= 0.6 is 0 Å². The number of aliphatic carboxylic acids is 1. The van der Waals surface area contributed by atoms with Gasteiger partial charge >= 0.3 is 12.1 Å². The SMILES string of the molecule is NC(=O)[C@@H](CC(=O)O)NC(=O)c1ccc(C(F)(F)F)cc1. The van der Waals surface area contributed by atoms with Crippen molar-refractivity contribution in [1.29, 1.82) is 0 Å². The van der Waals surface area contributed by atoms with E-state index in [1.807, 2.05) is 5.32 Å². The second-order valence-electron chi connectivity index (χ2n) is 4.10. The van der Waals surface area contributed by atoms with Crippen molar-refractivity contribution >= 4 is 17.8 Å². The average molecular weight is 304 g/mol. The van der Waals surface area contributed by atoms with Crippen LogP contribution < -0.4 is 11.1 Å². The normalized spacial score (nSPS) is 12.5. The fourth-order valence-corrected chi connectivity index (χ4v) is 1.45. The lowest BCUT2D eigenvalue weighted by molar-refractivity contribution is -0.139. The zero-order chi connectivity index (χ0) is 16.2. The fraction of sp³-hybridized carbons (Fsp3) is 0.250. The zero-order valence-electron chi connectivity index (χ0n) is 10.5. The van der Waals surface area contributed by atoms with Crippen molar-refractivity contribution in [1.82, 2.24) is 5.32 Å². The number of amides is 2. The van der Waals surface area contributed by atoms with E-state index in [0.29, 0.717) is 12.1 Å². The third-order valence-corrected chi connectivity index (χ3v) is 2.50. The number of nitrogens with one attached hydrogen (secondary N) is 1. The van der Waals surface area contributed by atoms with Gasteiger partial charge in [0.25, 0.3) is 5.91 Å². The smallest absolute Gasteiger partial charge is 0.416 e. The van der Waals surface area contributed by atoms with Crippen LogP contribution in [0.3, 0.4) is 0 Å². The second kappa shape index (κ2) is 6.25. The minimum Gasteiger partial charge on any atom is -0.481 e. The first kappa shape index (κ1) is 16.5. The highest BCUT2D eigenvalue weighted by molar-refractivity contribution is 5.98. The number of carbonyl (C=O) groups is 3. The first-order chi connectivity index (χ1) is 9.61. The van der Waals surface area contributed by atoms with Gasteiger partial charge in [0, 0.05) is 5.56 Å². The molecule has 4 N–H and O–H groups in total. The Hall–Kier alpha value is -2.58. The van der Waals surface area contributed by atoms with Crippen molar-refractivity contribution in [2.24, 2.45) is 5.73 Å². The molecule has 0 aromatic heterocycles. The van der Waals surface area contributed by atoms with Gasteiger partial charge in [0.1, 0.15) is 6.04 Å². The lowest BCUT2D eigenvalue weighted by Gasteiger charge is -2.13. The molecule has 0 unspecified atom stereocenters. The molecule has 0 aliphatic heterocycles. The van der Waals surface area contributed by atoms with Gasteiger partial charge in [-0.3, -0.25) is 14.4 Å². The number of rotatable bonds is 5. The van der Waals surface area contributed by atoms with Gasteiger partial charge in [-0.1, -0.05) is 0 Å². The van der Waals surface area contributed by atoms with Crippen LogP contribution in [0.5, 0.6) is 0 Å². The summed E-state index contributed by atoms with van der Waals surface area (Å²) in [5, 5.41) is 10.6. The van der Waals surface area contributed by atoms with Crippen molar-refractivity contribution in [3.8, 4) is 0 Å². The highest BCUT2D eigenvalue weighted by Crippen LogP contribution is 2.29. The molecule has 0 bridgehead atoms. The summed E-state index contributed by atoms with van der Waals surface area (Å²) in [5.74, 6) is -3.31. The Bertz CT molecular complexity index is 555. The Labute approximate surface area is 116 Å². The van der Waals surface area contributed by atoms with Crippen LogP contribution in [0.1, 0.15) is 22.3 Å². The number of benzene rings is 1. The fourth-order valence-electron chi connectivity index (χ4n) is 1.45. The van der Waals surface area contributed by atoms with E-state index in [0.717, 1.165) is 12.1 Å². The molecule has 0 heterocycles. The molecule has 2 amide bonds. The van der Waals surface area contributed by atoms with Crippen LogP contribution in [0.2, 0.25) is 0 Å². The highest BCUT2D eigenvalue weighted by Gasteiger charge is 2.30. The molecule has 0 fully saturated rings. The predicted octanol–water partition coefficient (Wildman–Crippen LogP) is 0.764. The van der Waals surface area contributed by atoms with E-state index >= 15 is 0 Å². The molecule has 0 spiro atoms. The van der Waals surface area contributed by atoms with Gasteiger partial charge in [0.2, 0.25) is 5.91 Å². The predicted molar refractivity (Wildman–Crippen MR) is 64.1 cm³/mol. The van der Waals surface area contributed by atoms with Crippen molar-refractivity contribution in [3.05, 3.63) is 35.4 Å². The van der Waals surface area contributed by atoms with Crippen molar-refractivity contribution in [3.63, 3.8) is 0 Å². The molecule has 1 atom stereocenters. The molecule has 9 heteroatoms. The van der Waals surface area contributed by atoms with E-state index in [4.69, 9.17) is 10.8 Å². The molecule has 1 aromatic rings. The summed E-state index contributed by atoms with van der Waals surface area (Å²) in [6.07, 6.45) is -5.25. The monoisotopic (exact) mass is 304 g/mol. The van der Waals surface area contributed by atoms with E-state index < -0.39 is 42.0 Å². The molecular weight excluding hydrogens is 293 g/mol. The molecule has 0 saturated heterocycles. The Balaban J connectivity index is 2.83. The second-order valence-corrected chi connectivity index (χ2v) is 4.10. The Morgan fingerprint density at radius 2 is 1.71 bits per heavy atom. The summed E-state index contributed by atoms with van der Waals surface area (Å²) in [6, 6.07) is 1.78. The average Bonchev–Trinajstić information content (AvgIpc) is 2.36. The summed E-state index contributed by atoms with van der Waals surface area (Å²) in [7, 11) is 0. The third-order valence-electron chi connectivity index (χ3n) is 2.50. The van der Waals surface area contributed by atoms with Gasteiger partial charge in [-0.15, -0.1) is 0 Å². The number of carboxylic acid groups (broad SMARTS) is 1. The molecular formula is C12H11F3N2O4. The third kappa shape index (κ3) is 4.79. The van der Waals surface area contributed by atoms with E-state index in [-0.39, 0.29) is 5.56 Å². The largest absolute Gasteiger partial charge is 0.481 e. The topological polar surface area (TPSA) is 109 Å². The summed E-state index contributed by atoms with van der Waals surface area (Å²) < 4.78 is 37.1. The summed E-state index contributed by atoms with van der Waals surface area (Å²) in [4.78, 5) is 33.2. The number of primary amides is 1. The first-order valence-corrected chi connectivity index (χ1v) is 5.60. The van der Waals surface area contributed by atoms with Gasteiger partial charge < -0.3 is 16.2 Å². The zero-order valence-corrected chi connectivity index (χ0v) is 10.5.